The smallest absolute Gasteiger partial charge is 0.262 e. The molecule has 1 fully saturated rings. The van der Waals surface area contributed by atoms with Crippen molar-refractivity contribution in [2.45, 2.75) is 18.4 Å². The monoisotopic (exact) mass is 385 g/mol. The first-order valence-electron chi connectivity index (χ1n) is 7.91. The van der Waals surface area contributed by atoms with Gasteiger partial charge in [0.05, 0.1) is 16.7 Å². The molecule has 1 saturated carbocycles. The first kappa shape index (κ1) is 15.5. The molecule has 122 valence electrons. The molecule has 0 aromatic heterocycles. The van der Waals surface area contributed by atoms with Gasteiger partial charge >= 0.3 is 0 Å². The highest BCUT2D eigenvalue weighted by molar-refractivity contribution is 9.10. The lowest BCUT2D eigenvalue weighted by molar-refractivity contribution is -0.0217. The molecule has 1 heterocycles. The number of hydrogen-bond acceptors (Lipinski definition) is 3. The van der Waals surface area contributed by atoms with Gasteiger partial charge in [0, 0.05) is 11.1 Å². The standard InChI is InChI=1S/C19H16BrNO3/c20-14-7-5-13(6-8-14)19(9-12(10-19)11-22)21-17(23)15-3-1-2-4-16(15)18(21)24/h1-8,12,22H,9-11H2. The molecule has 0 radical (unpaired) electrons. The number of aliphatic hydroxyl groups excluding tert-OH is 1. The van der Waals surface area contributed by atoms with Crippen molar-refractivity contribution in [2.75, 3.05) is 6.61 Å². The van der Waals surface area contributed by atoms with Gasteiger partial charge in [-0.1, -0.05) is 40.2 Å². The highest BCUT2D eigenvalue weighted by atomic mass is 79.9. The second-order valence-corrected chi connectivity index (χ2v) is 7.40. The summed E-state index contributed by atoms with van der Waals surface area (Å²) in [5.41, 5.74) is 1.20. The maximum Gasteiger partial charge on any atom is 0.262 e. The molecule has 4 rings (SSSR count). The molecular weight excluding hydrogens is 370 g/mol. The van der Waals surface area contributed by atoms with Crippen molar-refractivity contribution in [2.24, 2.45) is 5.92 Å². The van der Waals surface area contributed by atoms with E-state index in [0.717, 1.165) is 10.0 Å². The highest BCUT2D eigenvalue weighted by Crippen LogP contribution is 2.52. The molecular formula is C19H16BrNO3. The third kappa shape index (κ3) is 2.08. The quantitative estimate of drug-likeness (QED) is 0.824. The lowest BCUT2D eigenvalue weighted by Gasteiger charge is -2.52. The second kappa shape index (κ2) is 5.53. The SMILES string of the molecule is O=C1c2ccccc2C(=O)N1C1(c2ccc(Br)cc2)CC(CO)C1. The van der Waals surface area contributed by atoms with E-state index in [2.05, 4.69) is 15.9 Å². The van der Waals surface area contributed by atoms with Crippen LogP contribution >= 0.6 is 15.9 Å². The van der Waals surface area contributed by atoms with Crippen LogP contribution in [0.15, 0.2) is 53.0 Å². The predicted molar refractivity (Wildman–Crippen MR) is 92.6 cm³/mol. The van der Waals surface area contributed by atoms with E-state index in [1.54, 1.807) is 24.3 Å². The topological polar surface area (TPSA) is 57.6 Å². The average Bonchev–Trinajstić information content (AvgIpc) is 2.81. The van der Waals surface area contributed by atoms with E-state index < -0.39 is 5.54 Å². The number of imide groups is 1. The van der Waals surface area contributed by atoms with Crippen molar-refractivity contribution >= 4 is 27.7 Å². The van der Waals surface area contributed by atoms with Crippen LogP contribution in [0.25, 0.3) is 0 Å². The number of carbonyl (C=O) groups excluding carboxylic acids is 2. The molecule has 1 N–H and O–H groups in total. The molecule has 5 heteroatoms. The molecule has 2 amide bonds. The van der Waals surface area contributed by atoms with E-state index in [1.807, 2.05) is 24.3 Å². The number of halogens is 1. The van der Waals surface area contributed by atoms with Crippen molar-refractivity contribution in [3.8, 4) is 0 Å². The summed E-state index contributed by atoms with van der Waals surface area (Å²) in [5, 5.41) is 9.46. The van der Waals surface area contributed by atoms with Crippen LogP contribution < -0.4 is 0 Å². The maximum absolute atomic E-state index is 12.9. The van der Waals surface area contributed by atoms with Gasteiger partial charge in [0.25, 0.3) is 11.8 Å². The van der Waals surface area contributed by atoms with Gasteiger partial charge in [0.1, 0.15) is 0 Å². The molecule has 4 nitrogen and oxygen atoms in total. The number of benzene rings is 2. The summed E-state index contributed by atoms with van der Waals surface area (Å²) in [6, 6.07) is 14.7. The Morgan fingerprint density at radius 3 is 2.04 bits per heavy atom. The van der Waals surface area contributed by atoms with Gasteiger partial charge in [-0.2, -0.15) is 0 Å². The Morgan fingerprint density at radius 1 is 1.00 bits per heavy atom. The van der Waals surface area contributed by atoms with Gasteiger partial charge in [-0.25, -0.2) is 0 Å². The first-order chi connectivity index (χ1) is 11.6. The maximum atomic E-state index is 12.9. The van der Waals surface area contributed by atoms with E-state index in [-0.39, 0.29) is 24.3 Å². The molecule has 24 heavy (non-hydrogen) atoms. The van der Waals surface area contributed by atoms with Crippen molar-refractivity contribution in [3.63, 3.8) is 0 Å². The number of nitrogens with zero attached hydrogens (tertiary/aromatic N) is 1. The normalized spacial score (nSPS) is 25.6. The molecule has 0 unspecified atom stereocenters. The third-order valence-electron chi connectivity index (χ3n) is 5.11. The average molecular weight is 386 g/mol. The summed E-state index contributed by atoms with van der Waals surface area (Å²) < 4.78 is 0.946. The Kier molecular flexibility index (Phi) is 3.58. The predicted octanol–water partition coefficient (Wildman–Crippen LogP) is 3.34. The lowest BCUT2D eigenvalue weighted by Crippen LogP contribution is -2.57. The largest absolute Gasteiger partial charge is 0.396 e. The zero-order valence-electron chi connectivity index (χ0n) is 12.9. The fraction of sp³-hybridized carbons (Fsp3) is 0.263. The van der Waals surface area contributed by atoms with Crippen molar-refractivity contribution in [1.82, 2.24) is 4.90 Å². The fourth-order valence-corrected chi connectivity index (χ4v) is 4.17. The number of carbonyl (C=O) groups is 2. The van der Waals surface area contributed by atoms with Gasteiger partial charge in [-0.3, -0.25) is 14.5 Å². The number of fused-ring (bicyclic) bond motifs is 1. The zero-order chi connectivity index (χ0) is 16.9. The molecule has 1 aliphatic heterocycles. The fourth-order valence-electron chi connectivity index (χ4n) is 3.91. The minimum absolute atomic E-state index is 0.0709. The van der Waals surface area contributed by atoms with E-state index in [0.29, 0.717) is 24.0 Å². The van der Waals surface area contributed by atoms with Crippen molar-refractivity contribution in [3.05, 3.63) is 69.7 Å². The highest BCUT2D eigenvalue weighted by Gasteiger charge is 2.56. The molecule has 0 bridgehead atoms. The number of aliphatic hydroxyl groups is 1. The summed E-state index contributed by atoms with van der Waals surface area (Å²) in [4.78, 5) is 27.2. The Morgan fingerprint density at radius 2 is 1.54 bits per heavy atom. The molecule has 1 aliphatic carbocycles. The Balaban J connectivity index is 1.80. The molecule has 2 aromatic carbocycles. The minimum atomic E-state index is -0.665. The number of hydrogen-bond donors (Lipinski definition) is 1. The van der Waals surface area contributed by atoms with Crippen LogP contribution in [0.4, 0.5) is 0 Å². The van der Waals surface area contributed by atoms with Gasteiger partial charge in [0.2, 0.25) is 0 Å². The molecule has 2 aromatic rings. The lowest BCUT2D eigenvalue weighted by atomic mass is 9.64. The molecule has 0 spiro atoms. The van der Waals surface area contributed by atoms with Gasteiger partial charge in [-0.05, 0) is 48.6 Å². The first-order valence-corrected chi connectivity index (χ1v) is 8.71. The Bertz CT molecular complexity index is 790. The molecule has 0 saturated heterocycles. The Labute approximate surface area is 148 Å². The number of rotatable bonds is 3. The molecule has 2 aliphatic rings. The van der Waals surface area contributed by atoms with E-state index >= 15 is 0 Å². The minimum Gasteiger partial charge on any atom is -0.396 e. The van der Waals surface area contributed by atoms with Crippen LogP contribution in [-0.2, 0) is 5.54 Å². The van der Waals surface area contributed by atoms with Crippen LogP contribution in [0.1, 0.15) is 39.1 Å². The van der Waals surface area contributed by atoms with Crippen molar-refractivity contribution < 1.29 is 14.7 Å². The Hall–Kier alpha value is -1.98. The van der Waals surface area contributed by atoms with Crippen LogP contribution in [0.2, 0.25) is 0 Å². The van der Waals surface area contributed by atoms with Gasteiger partial charge in [0.15, 0.2) is 0 Å². The summed E-state index contributed by atoms with van der Waals surface area (Å²) >= 11 is 3.42. The van der Waals surface area contributed by atoms with E-state index in [1.165, 1.54) is 4.90 Å². The van der Waals surface area contributed by atoms with E-state index in [9.17, 15) is 14.7 Å². The van der Waals surface area contributed by atoms with Crippen molar-refractivity contribution in [1.29, 1.82) is 0 Å². The van der Waals surface area contributed by atoms with Crippen LogP contribution in [-0.4, -0.2) is 28.4 Å². The van der Waals surface area contributed by atoms with Gasteiger partial charge in [-0.15, -0.1) is 0 Å². The summed E-state index contributed by atoms with van der Waals surface area (Å²) in [7, 11) is 0. The number of amides is 2. The van der Waals surface area contributed by atoms with Crippen LogP contribution in [0.3, 0.4) is 0 Å². The summed E-state index contributed by atoms with van der Waals surface area (Å²) in [6.07, 6.45) is 1.19. The zero-order valence-corrected chi connectivity index (χ0v) is 14.5. The summed E-state index contributed by atoms with van der Waals surface area (Å²) in [5.74, 6) is -0.372. The third-order valence-corrected chi connectivity index (χ3v) is 5.64. The second-order valence-electron chi connectivity index (χ2n) is 6.49. The van der Waals surface area contributed by atoms with Gasteiger partial charge < -0.3 is 5.11 Å². The summed E-state index contributed by atoms with van der Waals surface area (Å²) in [6.45, 7) is 0.0709. The van der Waals surface area contributed by atoms with Crippen LogP contribution in [0, 0.1) is 5.92 Å². The van der Waals surface area contributed by atoms with Crippen LogP contribution in [0.5, 0.6) is 0 Å². The van der Waals surface area contributed by atoms with E-state index in [4.69, 9.17) is 0 Å². The molecule has 0 atom stereocenters.